The molecule has 104 valence electrons. The molecule has 7 heteroatoms. The molecule has 1 aliphatic rings. The molecule has 1 aliphatic heterocycles. The van der Waals surface area contributed by atoms with Crippen LogP contribution in [0.2, 0.25) is 0 Å². The van der Waals surface area contributed by atoms with Crippen molar-refractivity contribution in [1.29, 1.82) is 0 Å². The summed E-state index contributed by atoms with van der Waals surface area (Å²) in [5, 5.41) is 41.6. The zero-order valence-corrected chi connectivity index (χ0v) is 9.89. The van der Waals surface area contributed by atoms with Crippen molar-refractivity contribution in [2.45, 2.75) is 24.5 Å². The molecule has 0 bridgehead atoms. The molecule has 0 radical (unpaired) electrons. The Morgan fingerprint density at radius 1 is 1.26 bits per heavy atom. The number of aliphatic hydroxyl groups is 3. The Kier molecular flexibility index (Phi) is 4.01. The minimum atomic E-state index is -1.28. The van der Waals surface area contributed by atoms with Gasteiger partial charge < -0.3 is 35.3 Å². The lowest BCUT2D eigenvalue weighted by molar-refractivity contribution is -0.255. The van der Waals surface area contributed by atoms with Crippen molar-refractivity contribution in [3.8, 4) is 0 Å². The minimum absolute atomic E-state index is 0.0340. The molecule has 4 N–H and O–H groups in total. The van der Waals surface area contributed by atoms with Gasteiger partial charge in [-0.1, -0.05) is 12.1 Å². The van der Waals surface area contributed by atoms with E-state index in [1.807, 2.05) is 0 Å². The third kappa shape index (κ3) is 2.85. The first-order chi connectivity index (χ1) is 9.02. The zero-order chi connectivity index (χ0) is 14.0. The SMILES string of the molecule is O=C([O-])c1ccc(N[C@@H]2O[C@@H](CO)[C@@H](O)[C@H]2O)cc1. The summed E-state index contributed by atoms with van der Waals surface area (Å²) < 4.78 is 5.23. The van der Waals surface area contributed by atoms with Gasteiger partial charge in [0.05, 0.1) is 12.6 Å². The fourth-order valence-corrected chi connectivity index (χ4v) is 1.89. The summed E-state index contributed by atoms with van der Waals surface area (Å²) >= 11 is 0. The summed E-state index contributed by atoms with van der Waals surface area (Å²) in [4.78, 5) is 10.6. The van der Waals surface area contributed by atoms with Crippen molar-refractivity contribution in [3.63, 3.8) is 0 Å². The average molecular weight is 268 g/mol. The first-order valence-electron chi connectivity index (χ1n) is 5.73. The molecule has 0 aliphatic carbocycles. The van der Waals surface area contributed by atoms with Crippen LogP contribution in [0.25, 0.3) is 0 Å². The predicted molar refractivity (Wildman–Crippen MR) is 62.2 cm³/mol. The predicted octanol–water partition coefficient (Wildman–Crippen LogP) is -2.10. The first kappa shape index (κ1) is 13.8. The van der Waals surface area contributed by atoms with Crippen molar-refractivity contribution < 1.29 is 30.0 Å². The normalized spacial score (nSPS) is 30.3. The number of benzene rings is 1. The number of aromatic carboxylic acids is 1. The number of carbonyl (C=O) groups excluding carboxylic acids is 1. The highest BCUT2D eigenvalue weighted by molar-refractivity contribution is 5.86. The molecule has 0 spiro atoms. The Balaban J connectivity index is 2.03. The molecule has 1 saturated heterocycles. The molecule has 1 fully saturated rings. The van der Waals surface area contributed by atoms with Gasteiger partial charge in [-0.3, -0.25) is 0 Å². The molecular weight excluding hydrogens is 254 g/mol. The molecule has 4 atom stereocenters. The molecule has 2 rings (SSSR count). The Morgan fingerprint density at radius 2 is 1.89 bits per heavy atom. The van der Waals surface area contributed by atoms with Crippen LogP contribution in [0.5, 0.6) is 0 Å². The lowest BCUT2D eigenvalue weighted by Gasteiger charge is -2.18. The molecule has 19 heavy (non-hydrogen) atoms. The molecule has 7 nitrogen and oxygen atoms in total. The van der Waals surface area contributed by atoms with E-state index in [0.717, 1.165) is 0 Å². The van der Waals surface area contributed by atoms with Crippen LogP contribution in [-0.4, -0.2) is 52.4 Å². The second-order valence-corrected chi connectivity index (χ2v) is 4.27. The lowest BCUT2D eigenvalue weighted by atomic mass is 10.1. The van der Waals surface area contributed by atoms with Crippen LogP contribution in [0, 0.1) is 0 Å². The largest absolute Gasteiger partial charge is 0.545 e. The number of carbonyl (C=O) groups is 1. The number of hydrogen-bond donors (Lipinski definition) is 4. The van der Waals surface area contributed by atoms with Crippen molar-refractivity contribution in [2.24, 2.45) is 0 Å². The topological polar surface area (TPSA) is 122 Å². The first-order valence-corrected chi connectivity index (χ1v) is 5.73. The van der Waals surface area contributed by atoms with Gasteiger partial charge in [0, 0.05) is 5.69 Å². The molecule has 1 heterocycles. The summed E-state index contributed by atoms with van der Waals surface area (Å²) in [5.41, 5.74) is 0.548. The summed E-state index contributed by atoms with van der Waals surface area (Å²) in [6, 6.07) is 5.66. The Hall–Kier alpha value is -1.67. The van der Waals surface area contributed by atoms with E-state index in [1.54, 1.807) is 0 Å². The summed E-state index contributed by atoms with van der Waals surface area (Å²) in [7, 11) is 0. The van der Waals surface area contributed by atoms with Crippen LogP contribution in [0.4, 0.5) is 5.69 Å². The van der Waals surface area contributed by atoms with Gasteiger partial charge in [-0.05, 0) is 17.7 Å². The maximum atomic E-state index is 10.6. The van der Waals surface area contributed by atoms with E-state index in [4.69, 9.17) is 9.84 Å². The zero-order valence-electron chi connectivity index (χ0n) is 9.89. The third-order valence-corrected chi connectivity index (χ3v) is 2.97. The average Bonchev–Trinajstić information content (AvgIpc) is 2.67. The number of nitrogens with one attached hydrogen (secondary N) is 1. The molecule has 0 aromatic heterocycles. The molecular formula is C12H14NO6-. The highest BCUT2D eigenvalue weighted by Crippen LogP contribution is 2.23. The van der Waals surface area contributed by atoms with Crippen LogP contribution in [0.3, 0.4) is 0 Å². The number of hydrogen-bond acceptors (Lipinski definition) is 7. The molecule has 1 aromatic carbocycles. The number of carboxylic acid groups (broad SMARTS) is 1. The van der Waals surface area contributed by atoms with E-state index < -0.39 is 37.1 Å². The van der Waals surface area contributed by atoms with Gasteiger partial charge in [0.25, 0.3) is 0 Å². The molecule has 0 unspecified atom stereocenters. The number of rotatable bonds is 4. The van der Waals surface area contributed by atoms with Crippen LogP contribution < -0.4 is 10.4 Å². The number of aliphatic hydroxyl groups excluding tert-OH is 3. The number of ether oxygens (including phenoxy) is 1. The standard InChI is InChI=1S/C12H15NO6/c14-5-8-9(15)10(16)11(19-8)13-7-3-1-6(2-4-7)12(17)18/h1-4,8-11,13-16H,5H2,(H,17,18)/p-1/t8-,9+,10+,11+/m0/s1. The van der Waals surface area contributed by atoms with Crippen LogP contribution in [0.15, 0.2) is 24.3 Å². The molecule has 0 amide bonds. The smallest absolute Gasteiger partial charge is 0.157 e. The lowest BCUT2D eigenvalue weighted by Crippen LogP contribution is -2.36. The Bertz CT molecular complexity index is 448. The van der Waals surface area contributed by atoms with Crippen LogP contribution in [0.1, 0.15) is 10.4 Å². The monoisotopic (exact) mass is 268 g/mol. The molecule has 0 saturated carbocycles. The summed E-state index contributed by atoms with van der Waals surface area (Å²) in [5.74, 6) is -1.28. The Labute approximate surface area is 109 Å². The maximum absolute atomic E-state index is 10.6. The van der Waals surface area contributed by atoms with Gasteiger partial charge in [0.1, 0.15) is 18.3 Å². The van der Waals surface area contributed by atoms with Crippen molar-refractivity contribution in [2.75, 3.05) is 11.9 Å². The van der Waals surface area contributed by atoms with Crippen molar-refractivity contribution >= 4 is 11.7 Å². The maximum Gasteiger partial charge on any atom is 0.157 e. The van der Waals surface area contributed by atoms with Gasteiger partial charge in [-0.2, -0.15) is 0 Å². The second-order valence-electron chi connectivity index (χ2n) is 4.27. The van der Waals surface area contributed by atoms with E-state index in [2.05, 4.69) is 5.32 Å². The van der Waals surface area contributed by atoms with Gasteiger partial charge in [0.2, 0.25) is 0 Å². The van der Waals surface area contributed by atoms with E-state index in [1.165, 1.54) is 24.3 Å². The van der Waals surface area contributed by atoms with Crippen LogP contribution in [-0.2, 0) is 4.74 Å². The third-order valence-electron chi connectivity index (χ3n) is 2.97. The van der Waals surface area contributed by atoms with E-state index in [-0.39, 0.29) is 5.56 Å². The van der Waals surface area contributed by atoms with Gasteiger partial charge in [-0.15, -0.1) is 0 Å². The van der Waals surface area contributed by atoms with E-state index >= 15 is 0 Å². The van der Waals surface area contributed by atoms with Gasteiger partial charge in [0.15, 0.2) is 6.23 Å². The summed E-state index contributed by atoms with van der Waals surface area (Å²) in [6.07, 6.45) is -4.08. The van der Waals surface area contributed by atoms with Crippen molar-refractivity contribution in [1.82, 2.24) is 0 Å². The minimum Gasteiger partial charge on any atom is -0.545 e. The fraction of sp³-hybridized carbons (Fsp3) is 0.417. The summed E-state index contributed by atoms with van der Waals surface area (Å²) in [6.45, 7) is -0.403. The second kappa shape index (κ2) is 5.54. The Morgan fingerprint density at radius 3 is 2.37 bits per heavy atom. The quantitative estimate of drug-likeness (QED) is 0.493. The number of carboxylic acids is 1. The van der Waals surface area contributed by atoms with E-state index in [9.17, 15) is 20.1 Å². The number of anilines is 1. The van der Waals surface area contributed by atoms with Crippen molar-refractivity contribution in [3.05, 3.63) is 29.8 Å². The van der Waals surface area contributed by atoms with Gasteiger partial charge >= 0.3 is 0 Å². The highest BCUT2D eigenvalue weighted by Gasteiger charge is 2.42. The highest BCUT2D eigenvalue weighted by atomic mass is 16.6. The van der Waals surface area contributed by atoms with Gasteiger partial charge in [-0.25, -0.2) is 0 Å². The molecule has 1 aromatic rings. The van der Waals surface area contributed by atoms with E-state index in [0.29, 0.717) is 5.69 Å². The van der Waals surface area contributed by atoms with Crippen LogP contribution >= 0.6 is 0 Å². The fourth-order valence-electron chi connectivity index (χ4n) is 1.89.